The first-order chi connectivity index (χ1) is 16.5. The van der Waals surface area contributed by atoms with Crippen LogP contribution in [0.15, 0.2) is 42.1 Å². The zero-order chi connectivity index (χ0) is 24.1. The maximum atomic E-state index is 12.7. The third-order valence-electron chi connectivity index (χ3n) is 5.84. The van der Waals surface area contributed by atoms with Crippen molar-refractivity contribution in [2.45, 2.75) is 44.3 Å². The summed E-state index contributed by atoms with van der Waals surface area (Å²) >= 11 is 2.87. The first-order valence-electron chi connectivity index (χ1n) is 11.2. The molecule has 0 fully saturated rings. The lowest BCUT2D eigenvalue weighted by molar-refractivity contribution is -0.113. The third-order valence-corrected chi connectivity index (χ3v) is 7.97. The van der Waals surface area contributed by atoms with Gasteiger partial charge in [-0.05, 0) is 48.4 Å². The number of nitriles is 1. The molecule has 1 aliphatic rings. The number of amides is 1. The number of hydrogen-bond donors (Lipinski definition) is 1. The quantitative estimate of drug-likeness (QED) is 0.338. The van der Waals surface area contributed by atoms with E-state index in [1.807, 2.05) is 28.8 Å². The molecule has 1 aliphatic carbocycles. The molecule has 0 aliphatic heterocycles. The lowest BCUT2D eigenvalue weighted by atomic mass is 9.89. The highest BCUT2D eigenvalue weighted by Crippen LogP contribution is 2.39. The number of thioether (sulfide) groups is 1. The molecule has 9 heteroatoms. The first-order valence-corrected chi connectivity index (χ1v) is 13.0. The van der Waals surface area contributed by atoms with Gasteiger partial charge in [-0.25, -0.2) is 0 Å². The van der Waals surface area contributed by atoms with Gasteiger partial charge in [-0.15, -0.1) is 28.1 Å². The van der Waals surface area contributed by atoms with Crippen molar-refractivity contribution in [1.82, 2.24) is 14.8 Å². The average molecular weight is 494 g/mol. The Balaban J connectivity index is 1.43. The van der Waals surface area contributed by atoms with Gasteiger partial charge in [0, 0.05) is 17.8 Å². The molecule has 0 saturated heterocycles. The fraction of sp³-hybridized carbons (Fsp3) is 0.360. The van der Waals surface area contributed by atoms with Crippen LogP contribution in [-0.2, 0) is 30.6 Å². The van der Waals surface area contributed by atoms with E-state index in [4.69, 9.17) is 4.74 Å². The van der Waals surface area contributed by atoms with Crippen LogP contribution in [0.5, 0.6) is 5.75 Å². The molecule has 1 aromatic carbocycles. The molecule has 2 heterocycles. The van der Waals surface area contributed by atoms with Gasteiger partial charge >= 0.3 is 0 Å². The summed E-state index contributed by atoms with van der Waals surface area (Å²) < 4.78 is 7.19. The molecule has 1 unspecified atom stereocenters. The van der Waals surface area contributed by atoms with Crippen LogP contribution in [0.25, 0.3) is 0 Å². The second-order valence-corrected chi connectivity index (χ2v) is 10.4. The zero-order valence-electron chi connectivity index (χ0n) is 19.3. The van der Waals surface area contributed by atoms with Crippen LogP contribution in [0, 0.1) is 17.2 Å². The highest BCUT2D eigenvalue weighted by atomic mass is 32.2. The van der Waals surface area contributed by atoms with Crippen molar-refractivity contribution in [1.29, 1.82) is 5.26 Å². The van der Waals surface area contributed by atoms with Gasteiger partial charge in [0.1, 0.15) is 22.6 Å². The van der Waals surface area contributed by atoms with Crippen LogP contribution in [0.2, 0.25) is 0 Å². The predicted octanol–water partition coefficient (Wildman–Crippen LogP) is 4.85. The molecular weight excluding hydrogens is 466 g/mol. The number of rotatable bonds is 9. The van der Waals surface area contributed by atoms with Gasteiger partial charge in [-0.3, -0.25) is 4.79 Å². The van der Waals surface area contributed by atoms with Gasteiger partial charge in [0.15, 0.2) is 5.16 Å². The fourth-order valence-corrected chi connectivity index (χ4v) is 6.19. The number of carbonyl (C=O) groups is 1. The highest BCUT2D eigenvalue weighted by molar-refractivity contribution is 7.99. The fourth-order valence-electron chi connectivity index (χ4n) is 4.04. The van der Waals surface area contributed by atoms with E-state index in [1.165, 1.54) is 16.6 Å². The number of hydrogen-bond acceptors (Lipinski definition) is 7. The number of carbonyl (C=O) groups excluding carboxylic acids is 1. The number of ether oxygens (including phenoxy) is 1. The number of benzene rings is 1. The summed E-state index contributed by atoms with van der Waals surface area (Å²) in [4.78, 5) is 14.0. The van der Waals surface area contributed by atoms with Crippen molar-refractivity contribution < 1.29 is 9.53 Å². The summed E-state index contributed by atoms with van der Waals surface area (Å²) in [6.45, 7) is 6.62. The maximum absolute atomic E-state index is 12.7. The van der Waals surface area contributed by atoms with E-state index < -0.39 is 0 Å². The van der Waals surface area contributed by atoms with Crippen LogP contribution < -0.4 is 10.1 Å². The van der Waals surface area contributed by atoms with Crippen molar-refractivity contribution >= 4 is 34.0 Å². The van der Waals surface area contributed by atoms with Gasteiger partial charge < -0.3 is 14.6 Å². The van der Waals surface area contributed by atoms with Gasteiger partial charge in [0.25, 0.3) is 0 Å². The minimum atomic E-state index is -0.155. The number of thiophene rings is 1. The number of methoxy groups -OCH3 is 1. The molecule has 2 aromatic heterocycles. The molecule has 1 atom stereocenters. The highest BCUT2D eigenvalue weighted by Gasteiger charge is 2.25. The summed E-state index contributed by atoms with van der Waals surface area (Å²) in [5.41, 5.74) is 2.83. The Morgan fingerprint density at radius 1 is 1.41 bits per heavy atom. The molecule has 0 spiro atoms. The number of anilines is 1. The monoisotopic (exact) mass is 493 g/mol. The molecule has 0 saturated carbocycles. The zero-order valence-corrected chi connectivity index (χ0v) is 21.0. The SMILES string of the molecule is C=CCn1c(Cc2ccc(OC)cc2)nnc1SCC(=O)Nc1sc2c(c1C#N)CCC(C)C2. The summed E-state index contributed by atoms with van der Waals surface area (Å²) in [6, 6.07) is 10.1. The maximum Gasteiger partial charge on any atom is 0.235 e. The topological polar surface area (TPSA) is 92.8 Å². The molecule has 1 N–H and O–H groups in total. The predicted molar refractivity (Wildman–Crippen MR) is 136 cm³/mol. The van der Waals surface area contributed by atoms with E-state index in [2.05, 4.69) is 35.1 Å². The van der Waals surface area contributed by atoms with Crippen LogP contribution >= 0.6 is 23.1 Å². The Labute approximate surface area is 207 Å². The molecule has 34 heavy (non-hydrogen) atoms. The number of nitrogens with zero attached hydrogens (tertiary/aromatic N) is 4. The molecule has 0 radical (unpaired) electrons. The number of nitrogens with one attached hydrogen (secondary N) is 1. The van der Waals surface area contributed by atoms with Crippen LogP contribution in [0.4, 0.5) is 5.00 Å². The molecule has 1 amide bonds. The smallest absolute Gasteiger partial charge is 0.235 e. The van der Waals surface area contributed by atoms with Crippen molar-refractivity contribution in [3.05, 3.63) is 64.3 Å². The molecular formula is C25H27N5O2S2. The molecule has 0 bridgehead atoms. The molecule has 4 rings (SSSR count). The molecule has 176 valence electrons. The minimum absolute atomic E-state index is 0.155. The largest absolute Gasteiger partial charge is 0.497 e. The number of allylic oxidation sites excluding steroid dienone is 1. The van der Waals surface area contributed by atoms with Crippen molar-refractivity contribution in [2.24, 2.45) is 5.92 Å². The normalized spacial score (nSPS) is 14.8. The Kier molecular flexibility index (Phi) is 7.70. The van der Waals surface area contributed by atoms with Crippen molar-refractivity contribution in [3.8, 4) is 11.8 Å². The van der Waals surface area contributed by atoms with Crippen molar-refractivity contribution in [2.75, 3.05) is 18.2 Å². The Bertz CT molecular complexity index is 1220. The van der Waals surface area contributed by atoms with Gasteiger partial charge in [-0.2, -0.15) is 5.26 Å². The minimum Gasteiger partial charge on any atom is -0.497 e. The van der Waals surface area contributed by atoms with E-state index in [-0.39, 0.29) is 11.7 Å². The summed E-state index contributed by atoms with van der Waals surface area (Å²) in [7, 11) is 1.64. The van der Waals surface area contributed by atoms with E-state index in [0.29, 0.717) is 34.6 Å². The third kappa shape index (κ3) is 5.34. The van der Waals surface area contributed by atoms with Crippen LogP contribution in [0.1, 0.15) is 40.7 Å². The van der Waals surface area contributed by atoms with E-state index in [1.54, 1.807) is 24.5 Å². The van der Waals surface area contributed by atoms with Crippen LogP contribution in [-0.4, -0.2) is 33.5 Å². The summed E-state index contributed by atoms with van der Waals surface area (Å²) in [5, 5.41) is 22.6. The molecule has 7 nitrogen and oxygen atoms in total. The second kappa shape index (κ2) is 10.9. The second-order valence-electron chi connectivity index (χ2n) is 8.33. The first kappa shape index (κ1) is 24.0. The summed E-state index contributed by atoms with van der Waals surface area (Å²) in [6.07, 6.45) is 5.37. The van der Waals surface area contributed by atoms with Gasteiger partial charge in [0.2, 0.25) is 5.91 Å². The summed E-state index contributed by atoms with van der Waals surface area (Å²) in [5.74, 6) is 2.25. The Morgan fingerprint density at radius 2 is 2.21 bits per heavy atom. The number of aromatic nitrogens is 3. The Hall–Kier alpha value is -3.09. The van der Waals surface area contributed by atoms with Gasteiger partial charge in [0.05, 0.1) is 18.4 Å². The lowest BCUT2D eigenvalue weighted by Gasteiger charge is -2.17. The van der Waals surface area contributed by atoms with Gasteiger partial charge in [-0.1, -0.05) is 36.9 Å². The van der Waals surface area contributed by atoms with Crippen LogP contribution in [0.3, 0.4) is 0 Å². The molecule has 3 aromatic rings. The van der Waals surface area contributed by atoms with E-state index in [9.17, 15) is 10.1 Å². The Morgan fingerprint density at radius 3 is 2.91 bits per heavy atom. The van der Waals surface area contributed by atoms with E-state index >= 15 is 0 Å². The number of fused-ring (bicyclic) bond motifs is 1. The lowest BCUT2D eigenvalue weighted by Crippen LogP contribution is -2.15. The average Bonchev–Trinajstić information content (AvgIpc) is 3.37. The standard InChI is InChI=1S/C25H27N5O2S2/c1-4-11-30-22(13-17-6-8-18(32-3)9-7-17)28-29-25(30)33-15-23(31)27-24-20(14-26)19-10-5-16(2)12-21(19)34-24/h4,6-9,16H,1,5,10-13,15H2,2-3H3,(H,27,31). The van der Waals surface area contributed by atoms with E-state index in [0.717, 1.165) is 42.0 Å². The van der Waals surface area contributed by atoms with Crippen molar-refractivity contribution in [3.63, 3.8) is 0 Å².